The van der Waals surface area contributed by atoms with E-state index < -0.39 is 10.8 Å². The van der Waals surface area contributed by atoms with Gasteiger partial charge in [-0.3, -0.25) is 0 Å². The van der Waals surface area contributed by atoms with Crippen molar-refractivity contribution in [2.45, 2.75) is 96.7 Å². The second kappa shape index (κ2) is 16.2. The van der Waals surface area contributed by atoms with E-state index in [-0.39, 0.29) is 0 Å². The number of benzene rings is 9. The topological polar surface area (TPSA) is 12.5 Å². The van der Waals surface area contributed by atoms with E-state index in [9.17, 15) is 0 Å². The molecule has 6 aliphatic rings. The molecule has 2 nitrogen and oxygen atoms in total. The molecule has 2 aliphatic heterocycles. The highest BCUT2D eigenvalue weighted by molar-refractivity contribution is 7.99. The number of para-hydroxylation sites is 2. The summed E-state index contributed by atoms with van der Waals surface area (Å²) >= 11 is 1.90. The van der Waals surface area contributed by atoms with E-state index in [1.54, 1.807) is 0 Å². The van der Waals surface area contributed by atoms with E-state index in [1.807, 2.05) is 11.8 Å². The molecule has 0 radical (unpaired) electrons. The molecule has 9 aromatic rings. The monoisotopic (exact) mass is 933 g/mol. The molecule has 0 unspecified atom stereocenters. The summed E-state index contributed by atoms with van der Waals surface area (Å²) in [7, 11) is 0. The molecule has 0 N–H and O–H groups in total. The van der Waals surface area contributed by atoms with Crippen LogP contribution in [0.25, 0.3) is 22.3 Å². The summed E-state index contributed by atoms with van der Waals surface area (Å²) in [6, 6.07) is 77.0. The van der Waals surface area contributed by atoms with Crippen LogP contribution in [0.15, 0.2) is 210 Å². The highest BCUT2D eigenvalue weighted by atomic mass is 32.2. The zero-order chi connectivity index (χ0) is 46.7. The molecule has 0 amide bonds. The first-order valence-corrected chi connectivity index (χ1v) is 27.2. The van der Waals surface area contributed by atoms with Gasteiger partial charge in [-0.2, -0.15) is 0 Å². The van der Waals surface area contributed by atoms with Crippen LogP contribution in [-0.2, 0) is 10.8 Å². The Morgan fingerprint density at radius 2 is 0.789 bits per heavy atom. The fourth-order valence-electron chi connectivity index (χ4n) is 14.5. The summed E-state index contributed by atoms with van der Waals surface area (Å²) in [5, 5.41) is 0. The Morgan fingerprint density at radius 1 is 0.338 bits per heavy atom. The van der Waals surface area contributed by atoms with E-state index in [1.165, 1.54) is 152 Å². The predicted octanol–water partition coefficient (Wildman–Crippen LogP) is 18.5. The molecule has 71 heavy (non-hydrogen) atoms. The van der Waals surface area contributed by atoms with Gasteiger partial charge in [-0.05, 0) is 165 Å². The van der Waals surface area contributed by atoms with Crippen LogP contribution in [0.1, 0.15) is 132 Å². The van der Waals surface area contributed by atoms with Gasteiger partial charge in [0.05, 0.1) is 10.8 Å². The first-order valence-electron chi connectivity index (χ1n) is 26.4. The van der Waals surface area contributed by atoms with Crippen molar-refractivity contribution in [3.8, 4) is 33.8 Å². The first-order chi connectivity index (χ1) is 35.2. The lowest BCUT2D eigenvalue weighted by Gasteiger charge is -2.41. The van der Waals surface area contributed by atoms with Gasteiger partial charge in [-0.25, -0.2) is 0 Å². The molecule has 2 heterocycles. The van der Waals surface area contributed by atoms with Gasteiger partial charge in [-0.15, -0.1) is 0 Å². The van der Waals surface area contributed by atoms with Crippen molar-refractivity contribution in [3.63, 3.8) is 0 Å². The van der Waals surface area contributed by atoms with Gasteiger partial charge >= 0.3 is 0 Å². The largest absolute Gasteiger partial charge is 0.457 e. The number of nitrogens with zero attached hydrogens (tertiary/aromatic N) is 1. The highest BCUT2D eigenvalue weighted by Crippen LogP contribution is 2.65. The number of anilines is 3. The maximum atomic E-state index is 7.15. The van der Waals surface area contributed by atoms with Crippen molar-refractivity contribution in [3.05, 3.63) is 256 Å². The van der Waals surface area contributed by atoms with Crippen molar-refractivity contribution < 1.29 is 4.74 Å². The first kappa shape index (κ1) is 41.7. The van der Waals surface area contributed by atoms with E-state index in [2.05, 4.69) is 205 Å². The van der Waals surface area contributed by atoms with E-state index >= 15 is 0 Å². The SMILES string of the molecule is c1ccc(N(c2ccc3c(c2)C2(c4ccccc4O3)c3cc(C4CCCCC4)ccc3-c3ccc(C4CCCCC4)cc32)c2ccc3c(c2)C2(c4ccccc4Sc4ccccc42)c2ccccc2-3)cc1. The van der Waals surface area contributed by atoms with Gasteiger partial charge in [-0.1, -0.05) is 190 Å². The van der Waals surface area contributed by atoms with Crippen LogP contribution in [0.4, 0.5) is 17.1 Å². The van der Waals surface area contributed by atoms with Gasteiger partial charge in [0.1, 0.15) is 11.5 Å². The van der Waals surface area contributed by atoms with Gasteiger partial charge < -0.3 is 9.64 Å². The fraction of sp³-hybridized carbons (Fsp3) is 0.206. The third-order valence-electron chi connectivity index (χ3n) is 17.6. The molecule has 0 saturated heterocycles. The molecule has 0 atom stereocenters. The Balaban J connectivity index is 0.982. The molecular weight excluding hydrogens is 879 g/mol. The fourth-order valence-corrected chi connectivity index (χ4v) is 15.7. The van der Waals surface area contributed by atoms with Crippen LogP contribution in [-0.4, -0.2) is 0 Å². The summed E-state index contributed by atoms with van der Waals surface area (Å²) < 4.78 is 7.15. The van der Waals surface area contributed by atoms with E-state index in [4.69, 9.17) is 4.74 Å². The molecule has 0 aromatic heterocycles. The minimum atomic E-state index is -0.584. The van der Waals surface area contributed by atoms with Crippen LogP contribution >= 0.6 is 11.8 Å². The number of fused-ring (bicyclic) bond motifs is 18. The molecule has 2 spiro atoms. The summed E-state index contributed by atoms with van der Waals surface area (Å²) in [6.45, 7) is 0. The Labute approximate surface area is 422 Å². The van der Waals surface area contributed by atoms with Crippen LogP contribution in [0, 0.1) is 0 Å². The minimum Gasteiger partial charge on any atom is -0.457 e. The van der Waals surface area contributed by atoms with Crippen LogP contribution in [0.2, 0.25) is 0 Å². The average molecular weight is 934 g/mol. The third kappa shape index (κ3) is 6.02. The van der Waals surface area contributed by atoms with Crippen LogP contribution < -0.4 is 9.64 Å². The smallest absolute Gasteiger partial charge is 0.132 e. The second-order valence-electron chi connectivity index (χ2n) is 21.1. The molecule has 15 rings (SSSR count). The summed E-state index contributed by atoms with van der Waals surface area (Å²) in [4.78, 5) is 5.14. The lowest BCUT2D eigenvalue weighted by atomic mass is 9.65. The maximum Gasteiger partial charge on any atom is 0.132 e. The van der Waals surface area contributed by atoms with Gasteiger partial charge in [0.15, 0.2) is 0 Å². The Bertz CT molecular complexity index is 3480. The molecular formula is C68H55NOS. The maximum absolute atomic E-state index is 7.15. The predicted molar refractivity (Wildman–Crippen MR) is 292 cm³/mol. The van der Waals surface area contributed by atoms with Crippen molar-refractivity contribution in [2.75, 3.05) is 4.90 Å². The van der Waals surface area contributed by atoms with Crippen LogP contribution in [0.3, 0.4) is 0 Å². The van der Waals surface area contributed by atoms with E-state index in [0.29, 0.717) is 11.8 Å². The normalized spacial score (nSPS) is 17.5. The molecule has 2 fully saturated rings. The van der Waals surface area contributed by atoms with Gasteiger partial charge in [0.2, 0.25) is 0 Å². The molecule has 0 bridgehead atoms. The highest BCUT2D eigenvalue weighted by Gasteiger charge is 2.53. The van der Waals surface area contributed by atoms with Crippen molar-refractivity contribution in [2.24, 2.45) is 0 Å². The second-order valence-corrected chi connectivity index (χ2v) is 22.2. The number of ether oxygens (including phenoxy) is 1. The van der Waals surface area contributed by atoms with Gasteiger partial charge in [0, 0.05) is 38.0 Å². The Hall–Kier alpha value is -7.07. The van der Waals surface area contributed by atoms with Crippen molar-refractivity contribution in [1.82, 2.24) is 0 Å². The molecule has 4 aliphatic carbocycles. The molecule has 9 aromatic carbocycles. The Morgan fingerprint density at radius 3 is 1.42 bits per heavy atom. The summed E-state index contributed by atoms with van der Waals surface area (Å²) in [5.74, 6) is 3.05. The third-order valence-corrected chi connectivity index (χ3v) is 18.7. The van der Waals surface area contributed by atoms with Crippen LogP contribution in [0.5, 0.6) is 11.5 Å². The quantitative estimate of drug-likeness (QED) is 0.171. The number of hydrogen-bond donors (Lipinski definition) is 0. The summed E-state index contributed by atoms with van der Waals surface area (Å²) in [5.41, 5.74) is 21.3. The minimum absolute atomic E-state index is 0.483. The lowest BCUT2D eigenvalue weighted by Crippen LogP contribution is -2.33. The van der Waals surface area contributed by atoms with Crippen molar-refractivity contribution in [1.29, 1.82) is 0 Å². The standard InChI is InChI=1S/C68H55NOS/c1-4-18-44(19-5-1)46-32-36-52-53-37-33-47(45-20-6-2-7-21-45)41-60(53)68(59(52)40-46)56-26-12-15-29-63(56)70-64-39-35-50(43-62(64)68)69(48-22-8-3-9-23-48)49-34-38-54-51-24-10-11-25-55(51)67(61(54)42-49)57-27-13-16-30-65(57)71-66-31-17-14-28-58(66)67/h3,8-17,22-45H,1-2,4-7,18-21H2. The zero-order valence-corrected chi connectivity index (χ0v) is 40.9. The average Bonchev–Trinajstić information content (AvgIpc) is 3.89. The number of rotatable bonds is 5. The molecule has 3 heteroatoms. The zero-order valence-electron chi connectivity index (χ0n) is 40.0. The lowest BCUT2D eigenvalue weighted by molar-refractivity contribution is 0.433. The van der Waals surface area contributed by atoms with E-state index in [0.717, 1.165) is 28.6 Å². The molecule has 2 saturated carbocycles. The molecule has 344 valence electrons. The van der Waals surface area contributed by atoms with Gasteiger partial charge in [0.25, 0.3) is 0 Å². The van der Waals surface area contributed by atoms with Crippen molar-refractivity contribution >= 4 is 28.8 Å². The Kier molecular flexibility index (Phi) is 9.53. The number of hydrogen-bond acceptors (Lipinski definition) is 3. The summed E-state index contributed by atoms with van der Waals surface area (Å²) in [6.07, 6.45) is 13.0.